The number of rotatable bonds is 6. The quantitative estimate of drug-likeness (QED) is 0.712. The van der Waals surface area contributed by atoms with Crippen LogP contribution in [-0.2, 0) is 4.74 Å². The van der Waals surface area contributed by atoms with Gasteiger partial charge in [-0.15, -0.1) is 0 Å². The van der Waals surface area contributed by atoms with E-state index >= 15 is 0 Å². The number of nitriles is 1. The Morgan fingerprint density at radius 1 is 1.21 bits per heavy atom. The van der Waals surface area contributed by atoms with E-state index in [4.69, 9.17) is 15.7 Å². The number of hydrogen-bond acceptors (Lipinski definition) is 3. The molecule has 0 spiro atoms. The molecule has 0 saturated carbocycles. The fourth-order valence-corrected chi connectivity index (χ4v) is 1.02. The van der Waals surface area contributed by atoms with Crippen LogP contribution >= 0.6 is 0 Å². The van der Waals surface area contributed by atoms with Gasteiger partial charge in [0, 0.05) is 18.6 Å². The van der Waals surface area contributed by atoms with Crippen molar-refractivity contribution < 1.29 is 4.74 Å². The van der Waals surface area contributed by atoms with Crippen LogP contribution in [0.3, 0.4) is 0 Å². The molecule has 82 valence electrons. The van der Waals surface area contributed by atoms with Crippen molar-refractivity contribution in [1.29, 1.82) is 5.26 Å². The molecule has 0 fully saturated rings. The summed E-state index contributed by atoms with van der Waals surface area (Å²) in [5.74, 6) is 0. The first-order chi connectivity index (χ1) is 6.27. The maximum Gasteiger partial charge on any atom is 0.0636 e. The van der Waals surface area contributed by atoms with E-state index in [1.807, 2.05) is 27.7 Å². The summed E-state index contributed by atoms with van der Waals surface area (Å²) in [4.78, 5) is 0. The summed E-state index contributed by atoms with van der Waals surface area (Å²) in [6.07, 6.45) is 2.15. The van der Waals surface area contributed by atoms with Crippen molar-refractivity contribution in [2.45, 2.75) is 58.1 Å². The standard InChI is InChI=1S/C11H22N2O/c1-10(2,13)7-9-14-11(3,4)6-5-8-12/h5-7,9,13H2,1-4H3. The Morgan fingerprint density at radius 2 is 1.79 bits per heavy atom. The van der Waals surface area contributed by atoms with E-state index in [0.29, 0.717) is 13.0 Å². The Hall–Kier alpha value is -0.590. The third-order valence-corrected chi connectivity index (χ3v) is 2.08. The van der Waals surface area contributed by atoms with Crippen LogP contribution in [0.2, 0.25) is 0 Å². The first kappa shape index (κ1) is 13.4. The predicted molar refractivity (Wildman–Crippen MR) is 57.8 cm³/mol. The topological polar surface area (TPSA) is 59.0 Å². The summed E-state index contributed by atoms with van der Waals surface area (Å²) in [7, 11) is 0. The molecule has 0 heterocycles. The molecule has 2 N–H and O–H groups in total. The zero-order valence-electron chi connectivity index (χ0n) is 9.76. The van der Waals surface area contributed by atoms with E-state index < -0.39 is 0 Å². The molecule has 0 aromatic rings. The normalized spacial score (nSPS) is 12.6. The second kappa shape index (κ2) is 5.33. The van der Waals surface area contributed by atoms with Crippen molar-refractivity contribution in [3.63, 3.8) is 0 Å². The molecule has 0 aromatic heterocycles. The van der Waals surface area contributed by atoms with Crippen LogP contribution in [0.1, 0.15) is 47.0 Å². The molecule has 0 amide bonds. The minimum absolute atomic E-state index is 0.175. The van der Waals surface area contributed by atoms with Gasteiger partial charge >= 0.3 is 0 Å². The third kappa shape index (κ3) is 8.03. The van der Waals surface area contributed by atoms with Crippen LogP contribution in [0.5, 0.6) is 0 Å². The summed E-state index contributed by atoms with van der Waals surface area (Å²) < 4.78 is 5.68. The third-order valence-electron chi connectivity index (χ3n) is 2.08. The highest BCUT2D eigenvalue weighted by Gasteiger charge is 2.19. The predicted octanol–water partition coefficient (Wildman–Crippen LogP) is 2.21. The second-order valence-electron chi connectivity index (χ2n) is 5.00. The zero-order chi connectivity index (χ0) is 11.2. The lowest BCUT2D eigenvalue weighted by Gasteiger charge is -2.26. The van der Waals surface area contributed by atoms with Crippen LogP contribution < -0.4 is 5.73 Å². The minimum atomic E-state index is -0.207. The molecule has 0 unspecified atom stereocenters. The van der Waals surface area contributed by atoms with Gasteiger partial charge in [0.05, 0.1) is 11.7 Å². The minimum Gasteiger partial charge on any atom is -0.375 e. The molecule has 0 aromatic carbocycles. The molecule has 14 heavy (non-hydrogen) atoms. The second-order valence-corrected chi connectivity index (χ2v) is 5.00. The summed E-state index contributed by atoms with van der Waals surface area (Å²) in [6.45, 7) is 8.64. The summed E-state index contributed by atoms with van der Waals surface area (Å²) in [5.41, 5.74) is 5.45. The van der Waals surface area contributed by atoms with E-state index in [1.54, 1.807) is 0 Å². The smallest absolute Gasteiger partial charge is 0.0636 e. The van der Waals surface area contributed by atoms with Crippen LogP contribution in [0, 0.1) is 11.3 Å². The Morgan fingerprint density at radius 3 is 2.21 bits per heavy atom. The maximum absolute atomic E-state index is 8.46. The number of hydrogen-bond donors (Lipinski definition) is 1. The summed E-state index contributed by atoms with van der Waals surface area (Å²) >= 11 is 0. The van der Waals surface area contributed by atoms with E-state index in [9.17, 15) is 0 Å². The van der Waals surface area contributed by atoms with Gasteiger partial charge in [-0.05, 0) is 40.5 Å². The maximum atomic E-state index is 8.46. The molecule has 0 saturated heterocycles. The lowest BCUT2D eigenvalue weighted by molar-refractivity contribution is -0.0281. The molecule has 0 aliphatic rings. The Kier molecular flexibility index (Phi) is 5.11. The zero-order valence-corrected chi connectivity index (χ0v) is 9.76. The Labute approximate surface area is 87.2 Å². The van der Waals surface area contributed by atoms with Gasteiger partial charge in [0.25, 0.3) is 0 Å². The molecule has 3 heteroatoms. The Balaban J connectivity index is 3.72. The monoisotopic (exact) mass is 198 g/mol. The fourth-order valence-electron chi connectivity index (χ4n) is 1.02. The van der Waals surface area contributed by atoms with Crippen molar-refractivity contribution in [3.05, 3.63) is 0 Å². The molecule has 0 aliphatic heterocycles. The fraction of sp³-hybridized carbons (Fsp3) is 0.909. The van der Waals surface area contributed by atoms with E-state index in [0.717, 1.165) is 12.8 Å². The van der Waals surface area contributed by atoms with E-state index in [2.05, 4.69) is 6.07 Å². The van der Waals surface area contributed by atoms with Crippen molar-refractivity contribution in [1.82, 2.24) is 0 Å². The number of ether oxygens (including phenoxy) is 1. The van der Waals surface area contributed by atoms with Crippen LogP contribution in [0.4, 0.5) is 0 Å². The molecule has 0 rings (SSSR count). The number of nitrogens with two attached hydrogens (primary N) is 1. The van der Waals surface area contributed by atoms with Gasteiger partial charge in [0.2, 0.25) is 0 Å². The number of nitrogens with zero attached hydrogens (tertiary/aromatic N) is 1. The van der Waals surface area contributed by atoms with Crippen LogP contribution in [0.15, 0.2) is 0 Å². The average Bonchev–Trinajstić information content (AvgIpc) is 1.98. The first-order valence-corrected chi connectivity index (χ1v) is 5.07. The van der Waals surface area contributed by atoms with E-state index in [-0.39, 0.29) is 11.1 Å². The van der Waals surface area contributed by atoms with Gasteiger partial charge in [-0.2, -0.15) is 5.26 Å². The van der Waals surface area contributed by atoms with Crippen LogP contribution in [0.25, 0.3) is 0 Å². The largest absolute Gasteiger partial charge is 0.375 e. The SMILES string of the molecule is CC(C)(N)CCOC(C)(C)CCC#N. The van der Waals surface area contributed by atoms with Crippen molar-refractivity contribution in [2.75, 3.05) is 6.61 Å². The van der Waals surface area contributed by atoms with Gasteiger partial charge in [0.15, 0.2) is 0 Å². The van der Waals surface area contributed by atoms with Gasteiger partial charge in [-0.3, -0.25) is 0 Å². The first-order valence-electron chi connectivity index (χ1n) is 5.07. The van der Waals surface area contributed by atoms with Crippen molar-refractivity contribution in [3.8, 4) is 6.07 Å². The van der Waals surface area contributed by atoms with Gasteiger partial charge in [-0.1, -0.05) is 0 Å². The summed E-state index contributed by atoms with van der Waals surface area (Å²) in [5, 5.41) is 8.46. The highest BCUT2D eigenvalue weighted by atomic mass is 16.5. The lowest BCUT2D eigenvalue weighted by Crippen LogP contribution is -2.35. The highest BCUT2D eigenvalue weighted by Crippen LogP contribution is 2.17. The highest BCUT2D eigenvalue weighted by molar-refractivity contribution is 4.78. The summed E-state index contributed by atoms with van der Waals surface area (Å²) in [6, 6.07) is 2.13. The van der Waals surface area contributed by atoms with Gasteiger partial charge in [0.1, 0.15) is 0 Å². The lowest BCUT2D eigenvalue weighted by atomic mass is 10.0. The Bertz CT molecular complexity index is 198. The molecular weight excluding hydrogens is 176 g/mol. The van der Waals surface area contributed by atoms with Gasteiger partial charge in [-0.25, -0.2) is 0 Å². The van der Waals surface area contributed by atoms with Crippen molar-refractivity contribution in [2.24, 2.45) is 5.73 Å². The molecule has 0 radical (unpaired) electrons. The molecule has 0 aliphatic carbocycles. The molecule has 3 nitrogen and oxygen atoms in total. The average molecular weight is 198 g/mol. The van der Waals surface area contributed by atoms with E-state index in [1.165, 1.54) is 0 Å². The molecule has 0 atom stereocenters. The molecular formula is C11H22N2O. The van der Waals surface area contributed by atoms with Crippen LogP contribution in [-0.4, -0.2) is 17.7 Å². The van der Waals surface area contributed by atoms with Gasteiger partial charge < -0.3 is 10.5 Å². The molecule has 0 bridgehead atoms. The van der Waals surface area contributed by atoms with Crippen molar-refractivity contribution >= 4 is 0 Å².